The molecular formula is C25H38N4O3. The number of aliphatic hydroxyl groups excluding tert-OH is 1. The number of rotatable bonds is 13. The van der Waals surface area contributed by atoms with Gasteiger partial charge in [0, 0.05) is 65.1 Å². The first-order valence-electron chi connectivity index (χ1n) is 11.6. The fourth-order valence-corrected chi connectivity index (χ4v) is 4.11. The molecule has 32 heavy (non-hydrogen) atoms. The van der Waals surface area contributed by atoms with Crippen molar-refractivity contribution in [3.05, 3.63) is 48.6 Å². The van der Waals surface area contributed by atoms with E-state index >= 15 is 0 Å². The van der Waals surface area contributed by atoms with Crippen LogP contribution in [0.1, 0.15) is 24.8 Å². The van der Waals surface area contributed by atoms with Gasteiger partial charge in [-0.15, -0.1) is 6.58 Å². The molecule has 1 saturated heterocycles. The number of piperazine rings is 1. The Labute approximate surface area is 192 Å². The largest absolute Gasteiger partial charge is 0.392 e. The minimum absolute atomic E-state index is 0.400. The lowest BCUT2D eigenvalue weighted by Gasteiger charge is -2.33. The van der Waals surface area contributed by atoms with Crippen LogP contribution in [-0.2, 0) is 11.3 Å². The van der Waals surface area contributed by atoms with Gasteiger partial charge in [0.15, 0.2) is 0 Å². The Morgan fingerprint density at radius 2 is 2.00 bits per heavy atom. The molecule has 0 spiro atoms. The molecule has 1 N–H and O–H groups in total. The monoisotopic (exact) mass is 442 g/mol. The third kappa shape index (κ3) is 6.90. The molecule has 176 valence electrons. The van der Waals surface area contributed by atoms with Crippen molar-refractivity contribution in [3.63, 3.8) is 0 Å². The van der Waals surface area contributed by atoms with Gasteiger partial charge in [-0.1, -0.05) is 41.6 Å². The number of ether oxygens (including phenoxy) is 1. The fraction of sp³-hybridized carbons (Fsp3) is 0.560. The first kappa shape index (κ1) is 24.5. The van der Waals surface area contributed by atoms with Gasteiger partial charge >= 0.3 is 0 Å². The van der Waals surface area contributed by atoms with Crippen LogP contribution in [0.15, 0.2) is 47.5 Å². The fourth-order valence-electron chi connectivity index (χ4n) is 4.11. The average molecular weight is 443 g/mol. The van der Waals surface area contributed by atoms with E-state index in [0.29, 0.717) is 26.1 Å². The Bertz CT molecular complexity index is 803. The van der Waals surface area contributed by atoms with Crippen LogP contribution in [0.2, 0.25) is 0 Å². The summed E-state index contributed by atoms with van der Waals surface area (Å²) in [6, 6.07) is 10.2. The van der Waals surface area contributed by atoms with Crippen molar-refractivity contribution in [1.82, 2.24) is 15.0 Å². The Morgan fingerprint density at radius 3 is 2.69 bits per heavy atom. The van der Waals surface area contributed by atoms with Gasteiger partial charge < -0.3 is 24.2 Å². The number of allylic oxidation sites excluding steroid dienone is 1. The molecule has 0 amide bonds. The molecule has 0 radical (unpaired) electrons. The number of likely N-dealkylation sites (N-methyl/N-ethyl adjacent to an activating group) is 1. The molecule has 0 saturated carbocycles. The molecule has 1 aromatic heterocycles. The SMILES string of the molecule is C=CCCC(O)CN(CCCOC)Cc1c(-c2ccccc2)noc1N1CCN(C)CC1. The molecule has 1 aromatic carbocycles. The summed E-state index contributed by atoms with van der Waals surface area (Å²) in [5, 5.41) is 15.1. The number of hydrogen-bond donors (Lipinski definition) is 1. The van der Waals surface area contributed by atoms with Crippen molar-refractivity contribution in [2.75, 3.05) is 64.9 Å². The number of hydrogen-bond acceptors (Lipinski definition) is 7. The zero-order valence-electron chi connectivity index (χ0n) is 19.6. The van der Waals surface area contributed by atoms with E-state index in [4.69, 9.17) is 9.26 Å². The third-order valence-electron chi connectivity index (χ3n) is 5.98. The van der Waals surface area contributed by atoms with Gasteiger partial charge in [-0.05, 0) is 26.3 Å². The van der Waals surface area contributed by atoms with Gasteiger partial charge in [0.05, 0.1) is 11.7 Å². The number of anilines is 1. The van der Waals surface area contributed by atoms with Gasteiger partial charge in [0.1, 0.15) is 5.69 Å². The minimum atomic E-state index is -0.400. The third-order valence-corrected chi connectivity index (χ3v) is 5.98. The molecule has 1 unspecified atom stereocenters. The maximum absolute atomic E-state index is 10.6. The van der Waals surface area contributed by atoms with Gasteiger partial charge in [-0.3, -0.25) is 4.90 Å². The second-order valence-corrected chi connectivity index (χ2v) is 8.57. The molecule has 1 fully saturated rings. The van der Waals surface area contributed by atoms with Crippen LogP contribution in [0.3, 0.4) is 0 Å². The van der Waals surface area contributed by atoms with E-state index in [1.807, 2.05) is 24.3 Å². The van der Waals surface area contributed by atoms with Crippen LogP contribution in [0.25, 0.3) is 11.3 Å². The Kier molecular flexibility index (Phi) is 9.74. The first-order valence-corrected chi connectivity index (χ1v) is 11.6. The molecule has 0 aliphatic carbocycles. The van der Waals surface area contributed by atoms with Crippen LogP contribution in [0.4, 0.5) is 5.88 Å². The summed E-state index contributed by atoms with van der Waals surface area (Å²) >= 11 is 0. The van der Waals surface area contributed by atoms with Gasteiger partial charge in [-0.2, -0.15) is 0 Å². The lowest BCUT2D eigenvalue weighted by molar-refractivity contribution is 0.0942. The van der Waals surface area contributed by atoms with E-state index in [-0.39, 0.29) is 0 Å². The Morgan fingerprint density at radius 1 is 1.25 bits per heavy atom. The first-order chi connectivity index (χ1) is 15.6. The Balaban J connectivity index is 1.86. The molecule has 1 aliphatic rings. The van der Waals surface area contributed by atoms with Crippen LogP contribution < -0.4 is 4.90 Å². The highest BCUT2D eigenvalue weighted by molar-refractivity contribution is 5.68. The molecule has 0 bridgehead atoms. The van der Waals surface area contributed by atoms with E-state index in [9.17, 15) is 5.11 Å². The highest BCUT2D eigenvalue weighted by Gasteiger charge is 2.26. The van der Waals surface area contributed by atoms with Crippen LogP contribution in [-0.4, -0.2) is 86.2 Å². The van der Waals surface area contributed by atoms with Crippen LogP contribution in [0.5, 0.6) is 0 Å². The van der Waals surface area contributed by atoms with Crippen molar-refractivity contribution in [1.29, 1.82) is 0 Å². The molecular weight excluding hydrogens is 404 g/mol. The summed E-state index contributed by atoms with van der Waals surface area (Å²) in [5.41, 5.74) is 3.03. The number of benzene rings is 1. The maximum Gasteiger partial charge on any atom is 0.232 e. The predicted molar refractivity (Wildman–Crippen MR) is 129 cm³/mol. The van der Waals surface area contributed by atoms with E-state index in [1.54, 1.807) is 7.11 Å². The zero-order valence-corrected chi connectivity index (χ0v) is 19.6. The molecule has 1 aliphatic heterocycles. The van der Waals surface area contributed by atoms with E-state index in [2.05, 4.69) is 45.6 Å². The minimum Gasteiger partial charge on any atom is -0.392 e. The number of aromatic nitrogens is 1. The molecule has 2 aromatic rings. The standard InChI is InChI=1S/C25H38N4O3/c1-4-5-12-22(30)19-28(13-9-18-31-3)20-23-24(21-10-7-6-8-11-21)26-32-25(23)29-16-14-27(2)15-17-29/h4,6-8,10-11,22,30H,1,5,9,12-20H2,2-3H3. The molecule has 7 heteroatoms. The summed E-state index contributed by atoms with van der Waals surface area (Å²) in [4.78, 5) is 6.93. The number of nitrogens with zero attached hydrogens (tertiary/aromatic N) is 4. The van der Waals surface area contributed by atoms with Crippen LogP contribution in [0, 0.1) is 0 Å². The molecule has 1 atom stereocenters. The summed E-state index contributed by atoms with van der Waals surface area (Å²) in [7, 11) is 3.87. The quantitative estimate of drug-likeness (QED) is 0.377. The van der Waals surface area contributed by atoms with E-state index in [1.165, 1.54) is 0 Å². The average Bonchev–Trinajstić information content (AvgIpc) is 3.22. The topological polar surface area (TPSA) is 65.2 Å². The van der Waals surface area contributed by atoms with Gasteiger partial charge in [-0.25, -0.2) is 0 Å². The van der Waals surface area contributed by atoms with Crippen molar-refractivity contribution in [2.45, 2.75) is 31.9 Å². The smallest absolute Gasteiger partial charge is 0.232 e. The second-order valence-electron chi connectivity index (χ2n) is 8.57. The summed E-state index contributed by atoms with van der Waals surface area (Å²) in [6.45, 7) is 10.4. The lowest BCUT2D eigenvalue weighted by Crippen LogP contribution is -2.45. The summed E-state index contributed by atoms with van der Waals surface area (Å²) < 4.78 is 11.2. The van der Waals surface area contributed by atoms with Crippen molar-refractivity contribution in [3.8, 4) is 11.3 Å². The highest BCUT2D eigenvalue weighted by atomic mass is 16.5. The van der Waals surface area contributed by atoms with Crippen molar-refractivity contribution >= 4 is 5.88 Å². The number of methoxy groups -OCH3 is 1. The normalized spacial score (nSPS) is 15.9. The molecule has 7 nitrogen and oxygen atoms in total. The van der Waals surface area contributed by atoms with Crippen LogP contribution >= 0.6 is 0 Å². The van der Waals surface area contributed by atoms with Gasteiger partial charge in [0.2, 0.25) is 5.88 Å². The Hall–Kier alpha value is -2.19. The predicted octanol–water partition coefficient (Wildman–Crippen LogP) is 3.26. The molecule has 3 rings (SSSR count). The lowest BCUT2D eigenvalue weighted by atomic mass is 10.1. The summed E-state index contributed by atoms with van der Waals surface area (Å²) in [5.74, 6) is 0.856. The maximum atomic E-state index is 10.6. The zero-order chi connectivity index (χ0) is 22.8. The van der Waals surface area contributed by atoms with Crippen molar-refractivity contribution < 1.29 is 14.4 Å². The van der Waals surface area contributed by atoms with Gasteiger partial charge in [0.25, 0.3) is 0 Å². The second kappa shape index (κ2) is 12.7. The number of aliphatic hydroxyl groups is 1. The molecule has 2 heterocycles. The van der Waals surface area contributed by atoms with Crippen molar-refractivity contribution in [2.24, 2.45) is 0 Å². The highest BCUT2D eigenvalue weighted by Crippen LogP contribution is 2.33. The van der Waals surface area contributed by atoms with E-state index in [0.717, 1.165) is 68.3 Å². The summed E-state index contributed by atoms with van der Waals surface area (Å²) in [6.07, 6.45) is 3.88. The van der Waals surface area contributed by atoms with E-state index < -0.39 is 6.10 Å².